The van der Waals surface area contributed by atoms with E-state index in [1.807, 2.05) is 13.0 Å². The molecule has 2 N–H and O–H groups in total. The van der Waals surface area contributed by atoms with E-state index in [9.17, 15) is 9.90 Å². The van der Waals surface area contributed by atoms with Crippen LogP contribution in [0.4, 0.5) is 5.69 Å². The van der Waals surface area contributed by atoms with Gasteiger partial charge in [0.25, 0.3) is 5.91 Å². The molecule has 0 spiro atoms. The molecular formula is C15H15NO2S. The van der Waals surface area contributed by atoms with Crippen LogP contribution in [0, 0.1) is 6.92 Å². The van der Waals surface area contributed by atoms with Crippen molar-refractivity contribution in [1.82, 2.24) is 0 Å². The molecule has 1 amide bonds. The van der Waals surface area contributed by atoms with E-state index in [1.54, 1.807) is 29.5 Å². The molecule has 0 saturated heterocycles. The molecule has 98 valence electrons. The molecule has 1 aliphatic rings. The molecule has 0 saturated carbocycles. The van der Waals surface area contributed by atoms with Crippen LogP contribution in [0.15, 0.2) is 24.3 Å². The number of hydrogen-bond donors (Lipinski definition) is 2. The summed E-state index contributed by atoms with van der Waals surface area (Å²) in [4.78, 5) is 14.2. The van der Waals surface area contributed by atoms with Gasteiger partial charge in [0, 0.05) is 16.6 Å². The molecule has 1 aliphatic carbocycles. The molecule has 3 rings (SSSR count). The molecule has 0 aliphatic heterocycles. The maximum Gasteiger partial charge on any atom is 0.265 e. The Kier molecular flexibility index (Phi) is 3.03. The number of anilines is 1. The van der Waals surface area contributed by atoms with Crippen molar-refractivity contribution in [1.29, 1.82) is 0 Å². The standard InChI is InChI=1S/C15H15NO2S/c1-9-5-6-11(8-12(9)17)16-15(18)14-7-10-3-2-4-13(10)19-14/h5-8,17H,2-4H2,1H3,(H,16,18). The highest BCUT2D eigenvalue weighted by molar-refractivity contribution is 7.14. The first kappa shape index (κ1) is 12.2. The van der Waals surface area contributed by atoms with Gasteiger partial charge >= 0.3 is 0 Å². The summed E-state index contributed by atoms with van der Waals surface area (Å²) in [6.45, 7) is 1.82. The fourth-order valence-electron chi connectivity index (χ4n) is 2.32. The topological polar surface area (TPSA) is 49.3 Å². The maximum absolute atomic E-state index is 12.1. The minimum atomic E-state index is -0.0948. The van der Waals surface area contributed by atoms with Crippen molar-refractivity contribution >= 4 is 22.9 Å². The van der Waals surface area contributed by atoms with Gasteiger partial charge in [-0.25, -0.2) is 0 Å². The fourth-order valence-corrected chi connectivity index (χ4v) is 3.47. The minimum absolute atomic E-state index is 0.0948. The van der Waals surface area contributed by atoms with Crippen LogP contribution in [0.5, 0.6) is 5.75 Å². The first-order chi connectivity index (χ1) is 9.13. The number of aryl methyl sites for hydroxylation is 3. The van der Waals surface area contributed by atoms with E-state index in [1.165, 1.54) is 16.9 Å². The van der Waals surface area contributed by atoms with Gasteiger partial charge in [-0.3, -0.25) is 4.79 Å². The second-order valence-electron chi connectivity index (χ2n) is 4.87. The molecule has 2 aromatic rings. The summed E-state index contributed by atoms with van der Waals surface area (Å²) >= 11 is 1.58. The second kappa shape index (κ2) is 4.70. The molecule has 1 aromatic heterocycles. The van der Waals surface area contributed by atoms with E-state index in [0.29, 0.717) is 5.69 Å². The lowest BCUT2D eigenvalue weighted by atomic mass is 10.2. The van der Waals surface area contributed by atoms with Crippen molar-refractivity contribution in [3.8, 4) is 5.75 Å². The van der Waals surface area contributed by atoms with Crippen molar-refractivity contribution in [3.63, 3.8) is 0 Å². The Morgan fingerprint density at radius 3 is 2.89 bits per heavy atom. The van der Waals surface area contributed by atoms with Gasteiger partial charge in [-0.15, -0.1) is 11.3 Å². The lowest BCUT2D eigenvalue weighted by molar-refractivity contribution is 0.103. The number of carbonyl (C=O) groups is 1. The van der Waals surface area contributed by atoms with E-state index in [-0.39, 0.29) is 11.7 Å². The van der Waals surface area contributed by atoms with Crippen molar-refractivity contribution in [2.75, 3.05) is 5.32 Å². The largest absolute Gasteiger partial charge is 0.508 e. The van der Waals surface area contributed by atoms with Crippen LogP contribution < -0.4 is 5.32 Å². The Bertz CT molecular complexity index is 624. The van der Waals surface area contributed by atoms with Crippen molar-refractivity contribution < 1.29 is 9.90 Å². The van der Waals surface area contributed by atoms with Gasteiger partial charge in [0.2, 0.25) is 0 Å². The Labute approximate surface area is 115 Å². The number of aromatic hydroxyl groups is 1. The van der Waals surface area contributed by atoms with Crippen LogP contribution in [0.1, 0.15) is 32.1 Å². The molecule has 1 aromatic carbocycles. The highest BCUT2D eigenvalue weighted by atomic mass is 32.1. The monoisotopic (exact) mass is 273 g/mol. The maximum atomic E-state index is 12.1. The molecular weight excluding hydrogens is 258 g/mol. The lowest BCUT2D eigenvalue weighted by Gasteiger charge is -2.05. The number of thiophene rings is 1. The van der Waals surface area contributed by atoms with Gasteiger partial charge in [0.1, 0.15) is 5.75 Å². The number of carbonyl (C=O) groups excluding carboxylic acids is 1. The molecule has 3 nitrogen and oxygen atoms in total. The third-order valence-corrected chi connectivity index (χ3v) is 4.67. The number of phenolic OH excluding ortho intramolecular Hbond substituents is 1. The highest BCUT2D eigenvalue weighted by Gasteiger charge is 2.18. The summed E-state index contributed by atoms with van der Waals surface area (Å²) in [5, 5.41) is 12.5. The normalized spacial score (nSPS) is 13.3. The average Bonchev–Trinajstić information content (AvgIpc) is 2.94. The van der Waals surface area contributed by atoms with Crippen molar-refractivity contribution in [3.05, 3.63) is 45.1 Å². The Hall–Kier alpha value is -1.81. The molecule has 4 heteroatoms. The van der Waals surface area contributed by atoms with Gasteiger partial charge in [-0.2, -0.15) is 0 Å². The zero-order valence-corrected chi connectivity index (χ0v) is 11.5. The third-order valence-electron chi connectivity index (χ3n) is 3.44. The predicted molar refractivity (Wildman–Crippen MR) is 77.1 cm³/mol. The van der Waals surface area contributed by atoms with Crippen molar-refractivity contribution in [2.24, 2.45) is 0 Å². The Morgan fingerprint density at radius 2 is 2.16 bits per heavy atom. The van der Waals surface area contributed by atoms with E-state index >= 15 is 0 Å². The van der Waals surface area contributed by atoms with Crippen molar-refractivity contribution in [2.45, 2.75) is 26.2 Å². The van der Waals surface area contributed by atoms with E-state index < -0.39 is 0 Å². The Balaban J connectivity index is 1.78. The van der Waals surface area contributed by atoms with Gasteiger partial charge in [-0.1, -0.05) is 6.07 Å². The van der Waals surface area contributed by atoms with Gasteiger partial charge in [0.15, 0.2) is 0 Å². The number of nitrogens with one attached hydrogen (secondary N) is 1. The lowest BCUT2D eigenvalue weighted by Crippen LogP contribution is -2.10. The quantitative estimate of drug-likeness (QED) is 0.879. The van der Waals surface area contributed by atoms with Gasteiger partial charge in [-0.05, 0) is 49.4 Å². The van der Waals surface area contributed by atoms with Crippen LogP contribution >= 0.6 is 11.3 Å². The molecule has 0 atom stereocenters. The summed E-state index contributed by atoms with van der Waals surface area (Å²) in [5.41, 5.74) is 2.75. The number of phenols is 1. The smallest absolute Gasteiger partial charge is 0.265 e. The van der Waals surface area contributed by atoms with Gasteiger partial charge < -0.3 is 10.4 Å². The number of fused-ring (bicyclic) bond motifs is 1. The zero-order valence-electron chi connectivity index (χ0n) is 10.7. The van der Waals surface area contributed by atoms with Gasteiger partial charge in [0.05, 0.1) is 4.88 Å². The first-order valence-electron chi connectivity index (χ1n) is 6.36. The van der Waals surface area contributed by atoms with Crippen LogP contribution in [0.3, 0.4) is 0 Å². The highest BCUT2D eigenvalue weighted by Crippen LogP contribution is 2.31. The predicted octanol–water partition coefficient (Wildman–Crippen LogP) is 3.50. The zero-order chi connectivity index (χ0) is 13.4. The molecule has 0 unspecified atom stereocenters. The summed E-state index contributed by atoms with van der Waals surface area (Å²) < 4.78 is 0. The summed E-state index contributed by atoms with van der Waals surface area (Å²) in [6, 6.07) is 7.17. The van der Waals surface area contributed by atoms with Crippen LogP contribution in [0.2, 0.25) is 0 Å². The summed E-state index contributed by atoms with van der Waals surface area (Å²) in [6.07, 6.45) is 3.39. The number of rotatable bonds is 2. The third kappa shape index (κ3) is 2.36. The second-order valence-corrected chi connectivity index (χ2v) is 6.00. The average molecular weight is 273 g/mol. The van der Waals surface area contributed by atoms with E-state index in [4.69, 9.17) is 0 Å². The molecule has 0 bridgehead atoms. The molecule has 0 fully saturated rings. The molecule has 1 heterocycles. The Morgan fingerprint density at radius 1 is 1.32 bits per heavy atom. The van der Waals surface area contributed by atoms with Crippen LogP contribution in [-0.2, 0) is 12.8 Å². The fraction of sp³-hybridized carbons (Fsp3) is 0.267. The minimum Gasteiger partial charge on any atom is -0.508 e. The SMILES string of the molecule is Cc1ccc(NC(=O)c2cc3c(s2)CCC3)cc1O. The number of benzene rings is 1. The first-order valence-corrected chi connectivity index (χ1v) is 7.17. The number of amides is 1. The summed E-state index contributed by atoms with van der Waals surface area (Å²) in [7, 11) is 0. The molecule has 0 radical (unpaired) electrons. The summed E-state index contributed by atoms with van der Waals surface area (Å²) in [5.74, 6) is 0.106. The van der Waals surface area contributed by atoms with E-state index in [2.05, 4.69) is 5.32 Å². The molecule has 19 heavy (non-hydrogen) atoms. The van der Waals surface area contributed by atoms with Crippen LogP contribution in [0.25, 0.3) is 0 Å². The van der Waals surface area contributed by atoms with Crippen LogP contribution in [-0.4, -0.2) is 11.0 Å². The number of hydrogen-bond acceptors (Lipinski definition) is 3. The van der Waals surface area contributed by atoms with E-state index in [0.717, 1.165) is 23.3 Å².